The van der Waals surface area contributed by atoms with E-state index in [1.165, 1.54) is 0 Å². The zero-order chi connectivity index (χ0) is 20.5. The maximum atomic E-state index is 13.8. The number of hydrogen-bond acceptors (Lipinski definition) is 4. The second-order valence-electron chi connectivity index (χ2n) is 5.06. The van der Waals surface area contributed by atoms with Crippen molar-refractivity contribution in [1.82, 2.24) is 0 Å². The first-order valence-electron chi connectivity index (χ1n) is 6.80. The maximum absolute atomic E-state index is 13.8. The van der Waals surface area contributed by atoms with Gasteiger partial charge in [-0.05, 0) is 18.2 Å². The molecule has 0 radical (unpaired) electrons. The lowest BCUT2D eigenvalue weighted by atomic mass is 10.1. The van der Waals surface area contributed by atoms with Crippen LogP contribution in [0.15, 0.2) is 18.2 Å². The highest BCUT2D eigenvalue weighted by Gasteiger charge is 2.42. The van der Waals surface area contributed by atoms with Gasteiger partial charge in [-0.3, -0.25) is 0 Å². The number of benzene rings is 2. The molecule has 0 aliphatic carbocycles. The summed E-state index contributed by atoms with van der Waals surface area (Å²) in [6.07, 6.45) is -5.64. The number of nitrogens with one attached hydrogen (secondary N) is 1. The quantitative estimate of drug-likeness (QED) is 0.422. The Morgan fingerprint density at radius 2 is 1.63 bits per heavy atom. The normalized spacial score (nSPS) is 11.4. The van der Waals surface area contributed by atoms with Crippen molar-refractivity contribution in [2.75, 3.05) is 5.32 Å². The molecule has 27 heavy (non-hydrogen) atoms. The number of rotatable bonds is 4. The van der Waals surface area contributed by atoms with Crippen molar-refractivity contribution < 1.29 is 44.9 Å². The Hall–Kier alpha value is -2.69. The van der Waals surface area contributed by atoms with Gasteiger partial charge in [-0.15, -0.1) is 0 Å². The Morgan fingerprint density at radius 1 is 1.07 bits per heavy atom. The van der Waals surface area contributed by atoms with E-state index in [9.17, 15) is 40.6 Å². The molecule has 0 fully saturated rings. The van der Waals surface area contributed by atoms with Crippen LogP contribution in [0, 0.1) is 23.3 Å². The van der Waals surface area contributed by atoms with Crippen molar-refractivity contribution in [1.29, 1.82) is 0 Å². The Bertz CT molecular complexity index is 873. The van der Waals surface area contributed by atoms with Crippen LogP contribution in [0.2, 0.25) is 0 Å². The van der Waals surface area contributed by atoms with Crippen molar-refractivity contribution in [2.24, 2.45) is 0 Å². The number of phenols is 1. The van der Waals surface area contributed by atoms with Gasteiger partial charge in [0.2, 0.25) is 0 Å². The molecule has 0 bridgehead atoms. The van der Waals surface area contributed by atoms with Crippen LogP contribution in [0.3, 0.4) is 0 Å². The second kappa shape index (κ2) is 7.51. The van der Waals surface area contributed by atoms with Crippen molar-refractivity contribution in [3.05, 3.63) is 58.2 Å². The molecule has 0 aromatic heterocycles. The summed E-state index contributed by atoms with van der Waals surface area (Å²) in [4.78, 5) is 11.3. The molecule has 0 amide bonds. The van der Waals surface area contributed by atoms with Crippen LogP contribution in [0.5, 0.6) is 5.75 Å². The van der Waals surface area contributed by atoms with Crippen LogP contribution in [-0.4, -0.2) is 11.1 Å². The van der Waals surface area contributed by atoms with E-state index in [0.717, 1.165) is 18.2 Å². The predicted molar refractivity (Wildman–Crippen MR) is 78.0 cm³/mol. The Balaban J connectivity index is 2.39. The number of carbonyl (C=O) groups is 1. The SMILES string of the molecule is O=C(OCl)c1cc(NCc2c(F)c(F)c(C(F)(F)F)c(F)c2F)ccc1O. The lowest BCUT2D eigenvalue weighted by Gasteiger charge is -2.15. The van der Waals surface area contributed by atoms with Crippen LogP contribution in [-0.2, 0) is 17.0 Å². The van der Waals surface area contributed by atoms with Gasteiger partial charge < -0.3 is 14.7 Å². The highest BCUT2D eigenvalue weighted by molar-refractivity contribution is 6.16. The van der Waals surface area contributed by atoms with E-state index in [-0.39, 0.29) is 5.69 Å². The van der Waals surface area contributed by atoms with Gasteiger partial charge >= 0.3 is 12.1 Å². The Labute approximate surface area is 151 Å². The molecule has 2 N–H and O–H groups in total. The van der Waals surface area contributed by atoms with Gasteiger partial charge in [-0.1, -0.05) is 0 Å². The number of phenolic OH excluding ortho intramolecular Hbond substituents is 1. The first kappa shape index (κ1) is 20.6. The topological polar surface area (TPSA) is 58.6 Å². The smallest absolute Gasteiger partial charge is 0.422 e. The average molecular weight is 418 g/mol. The van der Waals surface area contributed by atoms with Crippen LogP contribution in [0.4, 0.5) is 36.4 Å². The lowest BCUT2D eigenvalue weighted by Crippen LogP contribution is -2.18. The van der Waals surface area contributed by atoms with Gasteiger partial charge in [0.25, 0.3) is 0 Å². The molecule has 0 saturated heterocycles. The van der Waals surface area contributed by atoms with E-state index in [1.54, 1.807) is 0 Å². The highest BCUT2D eigenvalue weighted by atomic mass is 35.5. The minimum Gasteiger partial charge on any atom is -0.507 e. The molecule has 0 spiro atoms. The van der Waals surface area contributed by atoms with Crippen LogP contribution in [0.1, 0.15) is 21.5 Å². The van der Waals surface area contributed by atoms with Gasteiger partial charge in [0, 0.05) is 17.8 Å². The Morgan fingerprint density at radius 3 is 2.11 bits per heavy atom. The molecule has 2 aromatic carbocycles. The van der Waals surface area contributed by atoms with Gasteiger partial charge in [0.05, 0.1) is 0 Å². The maximum Gasteiger partial charge on any atom is 0.422 e. The van der Waals surface area contributed by atoms with Crippen LogP contribution < -0.4 is 5.32 Å². The molecule has 2 rings (SSSR count). The minimum atomic E-state index is -5.64. The van der Waals surface area contributed by atoms with Crippen molar-refractivity contribution in [3.63, 3.8) is 0 Å². The number of halogens is 8. The number of aromatic hydroxyl groups is 1. The molecule has 2 aromatic rings. The van der Waals surface area contributed by atoms with Crippen LogP contribution >= 0.6 is 11.9 Å². The van der Waals surface area contributed by atoms with E-state index in [1.807, 2.05) is 0 Å². The third-order valence-electron chi connectivity index (χ3n) is 3.39. The summed E-state index contributed by atoms with van der Waals surface area (Å²) in [5.41, 5.74) is -4.57. The molecule has 146 valence electrons. The second-order valence-corrected chi connectivity index (χ2v) is 5.21. The molecule has 12 heteroatoms. The number of anilines is 1. The number of hydrogen-bond donors (Lipinski definition) is 2. The fourth-order valence-corrected chi connectivity index (χ4v) is 2.21. The molecule has 0 heterocycles. The van der Waals surface area contributed by atoms with Crippen molar-refractivity contribution >= 4 is 23.5 Å². The monoisotopic (exact) mass is 417 g/mol. The summed E-state index contributed by atoms with van der Waals surface area (Å²) in [6.45, 7) is -0.982. The first-order valence-corrected chi connectivity index (χ1v) is 7.11. The average Bonchev–Trinajstić information content (AvgIpc) is 2.59. The van der Waals surface area contributed by atoms with Gasteiger partial charge in [-0.2, -0.15) is 13.2 Å². The first-order chi connectivity index (χ1) is 12.5. The fraction of sp³-hybridized carbons (Fsp3) is 0.133. The fourth-order valence-electron chi connectivity index (χ4n) is 2.12. The van der Waals surface area contributed by atoms with E-state index < -0.39 is 64.4 Å². The standard InChI is InChI=1S/C15H7ClF7NO3/c16-27-14(26)6-3-5(1-2-8(6)25)24-4-7-10(17)12(19)9(15(21,22)23)13(20)11(7)18/h1-3,24-25H,4H2. The molecule has 0 unspecified atom stereocenters. The van der Waals surface area contributed by atoms with Gasteiger partial charge in [-0.25, -0.2) is 22.4 Å². The summed E-state index contributed by atoms with van der Waals surface area (Å²) < 4.78 is 96.2. The summed E-state index contributed by atoms with van der Waals surface area (Å²) in [7, 11) is 0. The zero-order valence-corrected chi connectivity index (χ0v) is 13.5. The van der Waals surface area contributed by atoms with Crippen molar-refractivity contribution in [2.45, 2.75) is 12.7 Å². The third kappa shape index (κ3) is 4.02. The third-order valence-corrected chi connectivity index (χ3v) is 3.53. The molecule has 0 atom stereocenters. The minimum absolute atomic E-state index is 0.0932. The zero-order valence-electron chi connectivity index (χ0n) is 12.7. The van der Waals surface area contributed by atoms with E-state index in [4.69, 9.17) is 11.9 Å². The van der Waals surface area contributed by atoms with Crippen LogP contribution in [0.25, 0.3) is 0 Å². The number of carbonyl (C=O) groups excluding carboxylic acids is 1. The predicted octanol–water partition coefficient (Wildman–Crippen LogP) is 4.89. The van der Waals surface area contributed by atoms with Gasteiger partial charge in [0.15, 0.2) is 23.3 Å². The van der Waals surface area contributed by atoms with E-state index in [0.29, 0.717) is 0 Å². The van der Waals surface area contributed by atoms with E-state index >= 15 is 0 Å². The summed E-state index contributed by atoms with van der Waals surface area (Å²) >= 11 is 4.86. The summed E-state index contributed by atoms with van der Waals surface area (Å²) in [5.74, 6) is -11.4. The largest absolute Gasteiger partial charge is 0.507 e. The molecule has 0 aliphatic heterocycles. The Kier molecular flexibility index (Phi) is 5.73. The molecule has 4 nitrogen and oxygen atoms in total. The molecule has 0 saturated carbocycles. The highest BCUT2D eigenvalue weighted by Crippen LogP contribution is 2.37. The molecule has 0 aliphatic rings. The van der Waals surface area contributed by atoms with Crippen molar-refractivity contribution in [3.8, 4) is 5.75 Å². The summed E-state index contributed by atoms with van der Waals surface area (Å²) in [5, 5.41) is 11.7. The molecular formula is C15H7ClF7NO3. The summed E-state index contributed by atoms with van der Waals surface area (Å²) in [6, 6.07) is 2.99. The van der Waals surface area contributed by atoms with E-state index in [2.05, 4.69) is 9.61 Å². The van der Waals surface area contributed by atoms with Gasteiger partial charge in [0.1, 0.15) is 28.7 Å². The lowest BCUT2D eigenvalue weighted by molar-refractivity contribution is -0.143. The number of alkyl halides is 3. The molecular weight excluding hydrogens is 411 g/mol.